The maximum atomic E-state index is 14.2. The summed E-state index contributed by atoms with van der Waals surface area (Å²) < 4.78 is 0. The van der Waals surface area contributed by atoms with Crippen LogP contribution in [0.2, 0.25) is 0 Å². The van der Waals surface area contributed by atoms with Crippen LogP contribution in [0.4, 0.5) is 0 Å². The zero-order chi connectivity index (χ0) is 47.5. The van der Waals surface area contributed by atoms with E-state index in [0.717, 1.165) is 0 Å². The number of carboxylic acids is 1. The minimum absolute atomic E-state index is 0.0101. The molecular formula is C42H53N9O13. The molecule has 0 aliphatic rings. The lowest BCUT2D eigenvalue weighted by Gasteiger charge is -2.27. The first-order valence-electron chi connectivity index (χ1n) is 19.9. The third kappa shape index (κ3) is 17.7. The lowest BCUT2D eigenvalue weighted by molar-refractivity contribution is -0.142. The molecule has 0 heterocycles. The molecule has 0 radical (unpaired) electrons. The van der Waals surface area contributed by atoms with Crippen molar-refractivity contribution < 1.29 is 63.6 Å². The number of aromatic hydroxyl groups is 3. The number of benzene rings is 3. The Hall–Kier alpha value is -7.75. The zero-order valence-corrected chi connectivity index (χ0v) is 34.5. The summed E-state index contributed by atoms with van der Waals surface area (Å²) in [6.45, 7) is 0. The molecule has 22 heteroatoms. The number of aliphatic carboxylic acids is 1. The topological polar surface area (TPSA) is 399 Å². The SMILES string of the molecule is NC(=O)CC[C@H](NC(=O)[C@H](Cc1ccc(O)cc1)NC(=O)[C@H](CCC(N)=O)NC(=O)[C@H](Cc1ccc(O)cc1)NC(=O)[C@H](CCC(N)=O)NC(=O)[C@@H](N)Cc1ccc(O)cc1)C(=O)O. The normalized spacial score (nSPS) is 13.6. The lowest BCUT2D eigenvalue weighted by atomic mass is 10.0. The number of nitrogens with two attached hydrogens (primary N) is 4. The molecule has 0 aliphatic carbocycles. The molecule has 0 spiro atoms. The van der Waals surface area contributed by atoms with Gasteiger partial charge in [0.05, 0.1) is 6.04 Å². The maximum absolute atomic E-state index is 14.2. The number of hydrogen-bond acceptors (Lipinski definition) is 13. The Morgan fingerprint density at radius 1 is 0.406 bits per heavy atom. The minimum Gasteiger partial charge on any atom is -0.508 e. The Balaban J connectivity index is 1.93. The number of phenolic OH excluding ortho intramolecular Hbond substituents is 3. The number of carbonyl (C=O) groups excluding carboxylic acids is 8. The van der Waals surface area contributed by atoms with E-state index in [9.17, 15) is 63.6 Å². The molecule has 0 fully saturated rings. The number of carbonyl (C=O) groups is 9. The van der Waals surface area contributed by atoms with Gasteiger partial charge in [-0.1, -0.05) is 36.4 Å². The molecule has 0 unspecified atom stereocenters. The van der Waals surface area contributed by atoms with Crippen molar-refractivity contribution in [2.75, 3.05) is 0 Å². The Kier molecular flexibility index (Phi) is 19.5. The predicted molar refractivity (Wildman–Crippen MR) is 226 cm³/mol. The van der Waals surface area contributed by atoms with Gasteiger partial charge in [-0.2, -0.15) is 0 Å². The minimum atomic E-state index is -1.64. The highest BCUT2D eigenvalue weighted by molar-refractivity contribution is 5.97. The summed E-state index contributed by atoms with van der Waals surface area (Å²) in [7, 11) is 0. The highest BCUT2D eigenvalue weighted by Crippen LogP contribution is 2.15. The average molecular weight is 892 g/mol. The van der Waals surface area contributed by atoms with Crippen LogP contribution in [0.5, 0.6) is 17.2 Å². The zero-order valence-electron chi connectivity index (χ0n) is 34.5. The van der Waals surface area contributed by atoms with Crippen LogP contribution in [0.1, 0.15) is 55.2 Å². The van der Waals surface area contributed by atoms with Crippen molar-refractivity contribution in [3.8, 4) is 17.2 Å². The standard InChI is InChI=1S/C42H53N9O13/c43-28(19-22-1-7-25(52)8-2-22)37(58)47-29(13-16-34(44)55)38(59)50-32(20-23-3-9-26(53)10-4-23)40(61)48-30(14-17-35(45)56)39(60)51-33(21-24-5-11-27(54)12-6-24)41(62)49-31(42(63)64)15-18-36(46)57/h1-12,28-33,52-54H,13-21,43H2,(H2,44,55)(H2,45,56)(H2,46,57)(H,47,58)(H,48,61)(H,49,62)(H,50,59)(H,51,60)(H,63,64)/t28-,29-,30-,31-,32-,33-/m0/s1. The molecule has 0 saturated heterocycles. The van der Waals surface area contributed by atoms with E-state index in [1.54, 1.807) is 0 Å². The second-order valence-corrected chi connectivity index (χ2v) is 14.9. The second kappa shape index (κ2) is 24.6. The smallest absolute Gasteiger partial charge is 0.326 e. The molecule has 22 nitrogen and oxygen atoms in total. The van der Waals surface area contributed by atoms with Gasteiger partial charge in [0.15, 0.2) is 0 Å². The van der Waals surface area contributed by atoms with Crippen LogP contribution in [-0.2, 0) is 62.4 Å². The van der Waals surface area contributed by atoms with E-state index < -0.39 is 109 Å². The van der Waals surface area contributed by atoms with Crippen molar-refractivity contribution in [2.45, 2.75) is 94.0 Å². The predicted octanol–water partition coefficient (Wildman–Crippen LogP) is -2.54. The first-order valence-corrected chi connectivity index (χ1v) is 19.9. The van der Waals surface area contributed by atoms with Gasteiger partial charge in [0.1, 0.15) is 47.5 Å². The van der Waals surface area contributed by atoms with Crippen molar-refractivity contribution in [3.63, 3.8) is 0 Å². The van der Waals surface area contributed by atoms with Gasteiger partial charge in [-0.25, -0.2) is 4.79 Å². The van der Waals surface area contributed by atoms with Crippen molar-refractivity contribution in [1.29, 1.82) is 0 Å². The van der Waals surface area contributed by atoms with Gasteiger partial charge >= 0.3 is 5.97 Å². The Morgan fingerprint density at radius 3 is 1.00 bits per heavy atom. The molecule has 3 aromatic carbocycles. The summed E-state index contributed by atoms with van der Waals surface area (Å²) in [6.07, 6.45) is -2.99. The number of amides is 8. The van der Waals surface area contributed by atoms with E-state index in [0.29, 0.717) is 16.7 Å². The van der Waals surface area contributed by atoms with Crippen molar-refractivity contribution >= 4 is 53.2 Å². The molecule has 0 bridgehead atoms. The van der Waals surface area contributed by atoms with Gasteiger partial charge in [-0.15, -0.1) is 0 Å². The number of nitrogens with one attached hydrogen (secondary N) is 5. The number of rotatable bonds is 26. The second-order valence-electron chi connectivity index (χ2n) is 14.9. The highest BCUT2D eigenvalue weighted by Gasteiger charge is 2.34. The summed E-state index contributed by atoms with van der Waals surface area (Å²) in [5.41, 5.74) is 23.4. The first kappa shape index (κ1) is 50.6. The van der Waals surface area contributed by atoms with E-state index >= 15 is 0 Å². The monoisotopic (exact) mass is 891 g/mol. The van der Waals surface area contributed by atoms with Gasteiger partial charge in [0, 0.05) is 32.1 Å². The van der Waals surface area contributed by atoms with E-state index in [1.165, 1.54) is 72.8 Å². The molecule has 0 aromatic heterocycles. The molecule has 0 saturated carbocycles. The van der Waals surface area contributed by atoms with Crippen molar-refractivity contribution in [2.24, 2.45) is 22.9 Å². The van der Waals surface area contributed by atoms with E-state index in [-0.39, 0.29) is 55.8 Å². The third-order valence-corrected chi connectivity index (χ3v) is 9.67. The first-order chi connectivity index (χ1) is 30.2. The van der Waals surface area contributed by atoms with Crippen LogP contribution in [0.15, 0.2) is 72.8 Å². The number of phenols is 3. The largest absolute Gasteiger partial charge is 0.508 e. The maximum Gasteiger partial charge on any atom is 0.326 e. The van der Waals surface area contributed by atoms with Crippen LogP contribution in [-0.4, -0.2) is 110 Å². The van der Waals surface area contributed by atoms with Gasteiger partial charge in [-0.3, -0.25) is 38.4 Å². The lowest BCUT2D eigenvalue weighted by Crippen LogP contribution is -2.60. The van der Waals surface area contributed by atoms with Crippen molar-refractivity contribution in [1.82, 2.24) is 26.6 Å². The molecule has 64 heavy (non-hydrogen) atoms. The molecule has 8 amide bonds. The summed E-state index contributed by atoms with van der Waals surface area (Å²) in [6, 6.07) is 7.76. The quantitative estimate of drug-likeness (QED) is 0.0395. The van der Waals surface area contributed by atoms with Crippen LogP contribution in [0.3, 0.4) is 0 Å². The van der Waals surface area contributed by atoms with Gasteiger partial charge in [-0.05, 0) is 78.8 Å². The number of carboxylic acid groups (broad SMARTS) is 1. The Labute approximate surface area is 366 Å². The van der Waals surface area contributed by atoms with Gasteiger partial charge in [0.2, 0.25) is 47.3 Å². The van der Waals surface area contributed by atoms with E-state index in [1.807, 2.05) is 0 Å². The summed E-state index contributed by atoms with van der Waals surface area (Å²) >= 11 is 0. The fourth-order valence-corrected chi connectivity index (χ4v) is 6.16. The third-order valence-electron chi connectivity index (χ3n) is 9.67. The van der Waals surface area contributed by atoms with E-state index in [4.69, 9.17) is 22.9 Å². The summed E-state index contributed by atoms with van der Waals surface area (Å²) in [4.78, 5) is 116. The van der Waals surface area contributed by atoms with Crippen LogP contribution in [0, 0.1) is 0 Å². The molecule has 0 aliphatic heterocycles. The van der Waals surface area contributed by atoms with Gasteiger partial charge in [0.25, 0.3) is 0 Å². The van der Waals surface area contributed by atoms with E-state index in [2.05, 4.69) is 26.6 Å². The molecule has 3 rings (SSSR count). The van der Waals surface area contributed by atoms with Crippen LogP contribution in [0.25, 0.3) is 0 Å². The van der Waals surface area contributed by atoms with Crippen molar-refractivity contribution in [3.05, 3.63) is 89.5 Å². The molecule has 344 valence electrons. The fourth-order valence-electron chi connectivity index (χ4n) is 6.16. The number of hydrogen-bond donors (Lipinski definition) is 13. The number of primary amides is 3. The summed E-state index contributed by atoms with van der Waals surface area (Å²) in [5, 5.41) is 51.1. The fraction of sp³-hybridized carbons (Fsp3) is 0.357. The Bertz CT molecular complexity index is 2140. The van der Waals surface area contributed by atoms with Crippen LogP contribution >= 0.6 is 0 Å². The summed E-state index contributed by atoms with van der Waals surface area (Å²) in [5.74, 6) is -9.18. The molecule has 17 N–H and O–H groups in total. The molecule has 3 aromatic rings. The molecule has 6 atom stereocenters. The molecular weight excluding hydrogens is 839 g/mol. The highest BCUT2D eigenvalue weighted by atomic mass is 16.4. The average Bonchev–Trinajstić information content (AvgIpc) is 3.23. The van der Waals surface area contributed by atoms with Crippen LogP contribution < -0.4 is 49.5 Å². The Morgan fingerprint density at radius 2 is 0.672 bits per heavy atom. The van der Waals surface area contributed by atoms with Gasteiger partial charge < -0.3 is 69.9 Å².